The first-order valence-corrected chi connectivity index (χ1v) is 6.18. The Morgan fingerprint density at radius 1 is 1.32 bits per heavy atom. The van der Waals surface area contributed by atoms with Gasteiger partial charge in [0.15, 0.2) is 0 Å². The molecule has 0 aliphatic rings. The van der Waals surface area contributed by atoms with E-state index in [1.807, 2.05) is 37.4 Å². The summed E-state index contributed by atoms with van der Waals surface area (Å²) in [6.07, 6.45) is 0.542. The van der Waals surface area contributed by atoms with Crippen molar-refractivity contribution >= 4 is 16.7 Å². The molecule has 1 aromatic heterocycles. The second kappa shape index (κ2) is 6.15. The van der Waals surface area contributed by atoms with Gasteiger partial charge in [0, 0.05) is 24.9 Å². The van der Waals surface area contributed by atoms with Crippen LogP contribution in [0.2, 0.25) is 0 Å². The molecule has 0 amide bonds. The first-order valence-electron chi connectivity index (χ1n) is 6.18. The van der Waals surface area contributed by atoms with Crippen LogP contribution in [0.25, 0.3) is 10.9 Å². The van der Waals surface area contributed by atoms with Crippen molar-refractivity contribution in [3.05, 3.63) is 42.1 Å². The number of benzene rings is 1. The fourth-order valence-corrected chi connectivity index (χ4v) is 1.91. The molecule has 1 heterocycles. The van der Waals surface area contributed by atoms with E-state index in [4.69, 9.17) is 10.9 Å². The van der Waals surface area contributed by atoms with Crippen molar-refractivity contribution in [2.45, 2.75) is 13.0 Å². The van der Waals surface area contributed by atoms with Gasteiger partial charge in [-0.3, -0.25) is 4.98 Å². The molecule has 0 radical (unpaired) electrons. The summed E-state index contributed by atoms with van der Waals surface area (Å²) in [5, 5.41) is 12.6. The van der Waals surface area contributed by atoms with E-state index in [0.717, 1.165) is 29.7 Å². The standard InChI is InChI=1S/C14H18N4O/c1-18(9-8-14(15)17-19)10-12-7-6-11-4-2-3-5-13(11)16-12/h2-7,19H,8-10H2,1H3,(H2,15,17). The monoisotopic (exact) mass is 258 g/mol. The molecule has 100 valence electrons. The molecule has 0 aliphatic heterocycles. The van der Waals surface area contributed by atoms with Gasteiger partial charge in [0.25, 0.3) is 0 Å². The van der Waals surface area contributed by atoms with Crippen molar-refractivity contribution in [3.8, 4) is 0 Å². The average molecular weight is 258 g/mol. The highest BCUT2D eigenvalue weighted by Gasteiger charge is 2.04. The van der Waals surface area contributed by atoms with Crippen molar-refractivity contribution in [2.24, 2.45) is 10.9 Å². The van der Waals surface area contributed by atoms with Gasteiger partial charge in [-0.25, -0.2) is 0 Å². The van der Waals surface area contributed by atoms with Crippen molar-refractivity contribution in [1.29, 1.82) is 0 Å². The van der Waals surface area contributed by atoms with Crippen molar-refractivity contribution in [1.82, 2.24) is 9.88 Å². The van der Waals surface area contributed by atoms with Gasteiger partial charge in [0.05, 0.1) is 11.2 Å². The minimum atomic E-state index is 0.248. The van der Waals surface area contributed by atoms with Crippen LogP contribution in [-0.2, 0) is 6.54 Å². The highest BCUT2D eigenvalue weighted by Crippen LogP contribution is 2.12. The van der Waals surface area contributed by atoms with Crippen LogP contribution in [0.4, 0.5) is 0 Å². The summed E-state index contributed by atoms with van der Waals surface area (Å²) in [7, 11) is 1.99. The Labute approximate surface area is 112 Å². The Morgan fingerprint density at radius 2 is 2.11 bits per heavy atom. The molecule has 0 saturated heterocycles. The third kappa shape index (κ3) is 3.66. The number of oxime groups is 1. The van der Waals surface area contributed by atoms with Crippen LogP contribution in [0.15, 0.2) is 41.6 Å². The Morgan fingerprint density at radius 3 is 2.89 bits per heavy atom. The molecule has 5 nitrogen and oxygen atoms in total. The molecule has 19 heavy (non-hydrogen) atoms. The lowest BCUT2D eigenvalue weighted by molar-refractivity contribution is 0.308. The van der Waals surface area contributed by atoms with E-state index >= 15 is 0 Å². The summed E-state index contributed by atoms with van der Waals surface area (Å²) in [5.74, 6) is 0.248. The van der Waals surface area contributed by atoms with Gasteiger partial charge in [-0.15, -0.1) is 0 Å². The molecule has 0 bridgehead atoms. The predicted molar refractivity (Wildman–Crippen MR) is 76.1 cm³/mol. The summed E-state index contributed by atoms with van der Waals surface area (Å²) >= 11 is 0. The molecule has 0 spiro atoms. The highest BCUT2D eigenvalue weighted by atomic mass is 16.4. The zero-order chi connectivity index (χ0) is 13.7. The summed E-state index contributed by atoms with van der Waals surface area (Å²) < 4.78 is 0. The zero-order valence-electron chi connectivity index (χ0n) is 11.0. The second-order valence-corrected chi connectivity index (χ2v) is 4.57. The first kappa shape index (κ1) is 13.3. The van der Waals surface area contributed by atoms with E-state index in [-0.39, 0.29) is 5.84 Å². The quantitative estimate of drug-likeness (QED) is 0.371. The molecular weight excluding hydrogens is 240 g/mol. The van der Waals surface area contributed by atoms with Crippen LogP contribution < -0.4 is 5.73 Å². The molecule has 0 unspecified atom stereocenters. The average Bonchev–Trinajstić information content (AvgIpc) is 2.44. The minimum Gasteiger partial charge on any atom is -0.409 e. The Kier molecular flexibility index (Phi) is 4.30. The maximum atomic E-state index is 8.49. The lowest BCUT2D eigenvalue weighted by Gasteiger charge is -2.15. The predicted octanol–water partition coefficient (Wildman–Crippen LogP) is 1.80. The molecule has 2 aromatic rings. The van der Waals surface area contributed by atoms with Gasteiger partial charge in [0.1, 0.15) is 5.84 Å². The Hall–Kier alpha value is -2.14. The third-order valence-electron chi connectivity index (χ3n) is 2.97. The van der Waals surface area contributed by atoms with Crippen molar-refractivity contribution in [2.75, 3.05) is 13.6 Å². The van der Waals surface area contributed by atoms with Crippen LogP contribution in [0.1, 0.15) is 12.1 Å². The highest BCUT2D eigenvalue weighted by molar-refractivity contribution is 5.79. The molecule has 0 atom stereocenters. The van der Waals surface area contributed by atoms with Gasteiger partial charge in [0.2, 0.25) is 0 Å². The summed E-state index contributed by atoms with van der Waals surface area (Å²) in [4.78, 5) is 6.70. The number of nitrogens with two attached hydrogens (primary N) is 1. The van der Waals surface area contributed by atoms with Crippen molar-refractivity contribution < 1.29 is 5.21 Å². The van der Waals surface area contributed by atoms with Gasteiger partial charge < -0.3 is 15.8 Å². The first-order chi connectivity index (χ1) is 9.19. The maximum Gasteiger partial charge on any atom is 0.140 e. The van der Waals surface area contributed by atoms with Gasteiger partial charge in [-0.05, 0) is 19.2 Å². The molecule has 5 heteroatoms. The minimum absolute atomic E-state index is 0.248. The van der Waals surface area contributed by atoms with E-state index in [2.05, 4.69) is 21.1 Å². The van der Waals surface area contributed by atoms with E-state index in [9.17, 15) is 0 Å². The second-order valence-electron chi connectivity index (χ2n) is 4.57. The number of hydrogen-bond donors (Lipinski definition) is 2. The third-order valence-corrected chi connectivity index (χ3v) is 2.97. The van der Waals surface area contributed by atoms with E-state index < -0.39 is 0 Å². The topological polar surface area (TPSA) is 74.7 Å². The smallest absolute Gasteiger partial charge is 0.140 e. The number of para-hydroxylation sites is 1. The van der Waals surface area contributed by atoms with Gasteiger partial charge >= 0.3 is 0 Å². The number of nitrogens with zero attached hydrogens (tertiary/aromatic N) is 3. The van der Waals surface area contributed by atoms with Crippen LogP contribution in [0.3, 0.4) is 0 Å². The number of hydrogen-bond acceptors (Lipinski definition) is 4. The fourth-order valence-electron chi connectivity index (χ4n) is 1.91. The van der Waals surface area contributed by atoms with Crippen LogP contribution in [0, 0.1) is 0 Å². The molecule has 2 rings (SSSR count). The normalized spacial score (nSPS) is 12.2. The summed E-state index contributed by atoms with van der Waals surface area (Å²) in [6.45, 7) is 1.47. The number of rotatable bonds is 5. The fraction of sp³-hybridized carbons (Fsp3) is 0.286. The number of aromatic nitrogens is 1. The molecule has 1 aromatic carbocycles. The van der Waals surface area contributed by atoms with Crippen molar-refractivity contribution in [3.63, 3.8) is 0 Å². The van der Waals surface area contributed by atoms with E-state index in [0.29, 0.717) is 6.42 Å². The lowest BCUT2D eigenvalue weighted by Crippen LogP contribution is -2.24. The molecule has 3 N–H and O–H groups in total. The summed E-state index contributed by atoms with van der Waals surface area (Å²) in [6, 6.07) is 12.2. The summed E-state index contributed by atoms with van der Waals surface area (Å²) in [5.41, 5.74) is 7.47. The molecule has 0 saturated carbocycles. The van der Waals surface area contributed by atoms with Crippen LogP contribution >= 0.6 is 0 Å². The van der Waals surface area contributed by atoms with Crippen LogP contribution in [-0.4, -0.2) is 34.5 Å². The van der Waals surface area contributed by atoms with E-state index in [1.54, 1.807) is 0 Å². The Balaban J connectivity index is 2.00. The SMILES string of the molecule is CN(CC/C(N)=N/O)Cc1ccc2ccccc2n1. The molecular formula is C14H18N4O. The molecule has 0 aliphatic carbocycles. The zero-order valence-corrected chi connectivity index (χ0v) is 11.0. The lowest BCUT2D eigenvalue weighted by atomic mass is 10.2. The van der Waals surface area contributed by atoms with E-state index in [1.165, 1.54) is 0 Å². The van der Waals surface area contributed by atoms with Gasteiger partial charge in [-0.2, -0.15) is 0 Å². The van der Waals surface area contributed by atoms with Crippen LogP contribution in [0.5, 0.6) is 0 Å². The Bertz CT molecular complexity index is 582. The number of fused-ring (bicyclic) bond motifs is 1. The largest absolute Gasteiger partial charge is 0.409 e. The maximum absolute atomic E-state index is 8.49. The van der Waals surface area contributed by atoms with Gasteiger partial charge in [-0.1, -0.05) is 29.4 Å². The molecule has 0 fully saturated rings. The number of amidine groups is 1. The number of pyridine rings is 1.